The zero-order valence-corrected chi connectivity index (χ0v) is 13.0. The topological polar surface area (TPSA) is 59.8 Å². The van der Waals surface area contributed by atoms with E-state index in [1.54, 1.807) is 11.0 Å². The van der Waals surface area contributed by atoms with Crippen LogP contribution in [0.4, 0.5) is 5.69 Å². The highest BCUT2D eigenvalue weighted by Gasteiger charge is 2.18. The molecule has 2 aromatic rings. The Kier molecular flexibility index (Phi) is 4.89. The van der Waals surface area contributed by atoms with Crippen LogP contribution in [-0.4, -0.2) is 25.5 Å². The third kappa shape index (κ3) is 3.90. The zero-order chi connectivity index (χ0) is 14.5. The van der Waals surface area contributed by atoms with E-state index in [2.05, 4.69) is 31.3 Å². The monoisotopic (exact) mass is 336 g/mol. The van der Waals surface area contributed by atoms with Crippen LogP contribution in [0.3, 0.4) is 0 Å². The fourth-order valence-electron chi connectivity index (χ4n) is 1.76. The molecule has 1 unspecified atom stereocenters. The molecule has 0 aliphatic carbocycles. The molecule has 20 heavy (non-hydrogen) atoms. The minimum absolute atomic E-state index is 0.0297. The average molecular weight is 337 g/mol. The van der Waals surface area contributed by atoms with E-state index >= 15 is 0 Å². The molecule has 106 valence electrons. The van der Waals surface area contributed by atoms with E-state index < -0.39 is 0 Å². The molecule has 1 aromatic carbocycles. The van der Waals surface area contributed by atoms with Gasteiger partial charge >= 0.3 is 0 Å². The Bertz CT molecular complexity index is 568. The molecule has 1 heterocycles. The van der Waals surface area contributed by atoms with Gasteiger partial charge in [0.05, 0.1) is 11.4 Å². The lowest BCUT2D eigenvalue weighted by molar-refractivity contribution is -0.116. The number of anilines is 1. The van der Waals surface area contributed by atoms with Crippen LogP contribution in [0, 0.1) is 5.92 Å². The number of carbonyl (C=O) groups is 1. The van der Waals surface area contributed by atoms with E-state index in [0.717, 1.165) is 11.3 Å². The van der Waals surface area contributed by atoms with Gasteiger partial charge in [0, 0.05) is 5.69 Å². The summed E-state index contributed by atoms with van der Waals surface area (Å²) in [6.07, 6.45) is 3.17. The molecule has 5 nitrogen and oxygen atoms in total. The molecular weight excluding hydrogens is 320 g/mol. The molecule has 0 saturated heterocycles. The van der Waals surface area contributed by atoms with E-state index in [4.69, 9.17) is 0 Å². The number of hydrogen-bond acceptors (Lipinski definition) is 3. The van der Waals surface area contributed by atoms with Gasteiger partial charge in [0.1, 0.15) is 12.7 Å². The maximum atomic E-state index is 12.0. The van der Waals surface area contributed by atoms with Crippen molar-refractivity contribution in [2.24, 2.45) is 5.92 Å². The predicted octanol–water partition coefficient (Wildman–Crippen LogP) is 2.68. The molecule has 6 heteroatoms. The zero-order valence-electron chi connectivity index (χ0n) is 11.5. The Morgan fingerprint density at radius 1 is 1.45 bits per heavy atom. The minimum Gasteiger partial charge on any atom is -0.325 e. The number of amides is 1. The molecule has 0 spiro atoms. The Balaban J connectivity index is 2.04. The van der Waals surface area contributed by atoms with Crippen LogP contribution >= 0.6 is 15.9 Å². The van der Waals surface area contributed by atoms with Crippen molar-refractivity contribution < 1.29 is 4.79 Å². The molecule has 1 amide bonds. The lowest BCUT2D eigenvalue weighted by atomic mass is 10.1. The van der Waals surface area contributed by atoms with Gasteiger partial charge in [-0.25, -0.2) is 9.67 Å². The number of halogens is 1. The van der Waals surface area contributed by atoms with Crippen LogP contribution < -0.4 is 5.32 Å². The van der Waals surface area contributed by atoms with Gasteiger partial charge in [-0.15, -0.1) is 0 Å². The lowest BCUT2D eigenvalue weighted by Gasteiger charge is -2.14. The van der Waals surface area contributed by atoms with Gasteiger partial charge in [-0.2, -0.15) is 5.10 Å². The highest BCUT2D eigenvalue weighted by atomic mass is 79.9. The molecule has 1 aromatic heterocycles. The van der Waals surface area contributed by atoms with Crippen molar-refractivity contribution in [1.82, 2.24) is 14.8 Å². The number of hydrogen-bond donors (Lipinski definition) is 1. The second kappa shape index (κ2) is 6.65. The van der Waals surface area contributed by atoms with Crippen LogP contribution in [0.5, 0.6) is 0 Å². The molecule has 0 aliphatic heterocycles. The van der Waals surface area contributed by atoms with Crippen LogP contribution in [0.1, 0.15) is 19.4 Å². The summed E-state index contributed by atoms with van der Waals surface area (Å²) in [5.74, 6) is 0.214. The first-order valence-electron chi connectivity index (χ1n) is 6.42. The van der Waals surface area contributed by atoms with E-state index in [1.165, 1.54) is 6.33 Å². The van der Waals surface area contributed by atoms with Crippen molar-refractivity contribution in [2.45, 2.75) is 25.2 Å². The molecule has 2 rings (SSSR count). The standard InChI is InChI=1S/C14H17BrN4O/c1-10(2)13(15)14(20)18-12-5-3-4-11(6-12)7-19-9-16-8-17-19/h3-6,8-10,13H,7H2,1-2H3,(H,18,20). The summed E-state index contributed by atoms with van der Waals surface area (Å²) in [6, 6.07) is 7.73. The van der Waals surface area contributed by atoms with Crippen LogP contribution in [0.15, 0.2) is 36.9 Å². The second-order valence-corrected chi connectivity index (χ2v) is 5.91. The smallest absolute Gasteiger partial charge is 0.238 e. The van der Waals surface area contributed by atoms with Crippen molar-refractivity contribution in [1.29, 1.82) is 0 Å². The lowest BCUT2D eigenvalue weighted by Crippen LogP contribution is -2.27. The van der Waals surface area contributed by atoms with Crippen LogP contribution in [-0.2, 0) is 11.3 Å². The maximum Gasteiger partial charge on any atom is 0.238 e. The predicted molar refractivity (Wildman–Crippen MR) is 81.7 cm³/mol. The number of benzene rings is 1. The van der Waals surface area contributed by atoms with Gasteiger partial charge < -0.3 is 5.32 Å². The summed E-state index contributed by atoms with van der Waals surface area (Å²) in [5.41, 5.74) is 1.85. The van der Waals surface area contributed by atoms with Gasteiger partial charge in [0.2, 0.25) is 5.91 Å². The largest absolute Gasteiger partial charge is 0.325 e. The third-order valence-electron chi connectivity index (χ3n) is 2.84. The molecule has 0 bridgehead atoms. The summed E-state index contributed by atoms with van der Waals surface area (Å²) >= 11 is 3.40. The van der Waals surface area contributed by atoms with Crippen molar-refractivity contribution in [3.8, 4) is 0 Å². The molecule has 0 fully saturated rings. The summed E-state index contributed by atoms with van der Waals surface area (Å²) in [6.45, 7) is 4.63. The highest BCUT2D eigenvalue weighted by molar-refractivity contribution is 9.10. The highest BCUT2D eigenvalue weighted by Crippen LogP contribution is 2.17. The number of aromatic nitrogens is 3. The molecule has 0 radical (unpaired) electrons. The number of nitrogens with one attached hydrogen (secondary N) is 1. The quantitative estimate of drug-likeness (QED) is 0.854. The number of nitrogens with zero attached hydrogens (tertiary/aromatic N) is 3. The third-order valence-corrected chi connectivity index (χ3v) is 4.31. The fourth-order valence-corrected chi connectivity index (χ4v) is 1.88. The summed E-state index contributed by atoms with van der Waals surface area (Å²) in [7, 11) is 0. The van der Waals surface area contributed by atoms with Crippen molar-refractivity contribution in [2.75, 3.05) is 5.32 Å². The molecule has 0 saturated carbocycles. The summed E-state index contributed by atoms with van der Waals surface area (Å²) < 4.78 is 1.74. The van der Waals surface area contributed by atoms with Gasteiger partial charge in [-0.1, -0.05) is 41.9 Å². The first-order chi connectivity index (χ1) is 9.56. The molecule has 0 aliphatic rings. The van der Waals surface area contributed by atoms with E-state index in [1.807, 2.05) is 38.1 Å². The molecule has 1 N–H and O–H groups in total. The first kappa shape index (κ1) is 14.7. The Morgan fingerprint density at radius 3 is 2.90 bits per heavy atom. The van der Waals surface area contributed by atoms with Crippen molar-refractivity contribution >= 4 is 27.5 Å². The Labute approximate surface area is 126 Å². The minimum atomic E-state index is -0.193. The van der Waals surface area contributed by atoms with Gasteiger partial charge in [0.25, 0.3) is 0 Å². The number of carbonyl (C=O) groups excluding carboxylic acids is 1. The van der Waals surface area contributed by atoms with Crippen molar-refractivity contribution in [3.63, 3.8) is 0 Å². The van der Waals surface area contributed by atoms with Crippen LogP contribution in [0.25, 0.3) is 0 Å². The van der Waals surface area contributed by atoms with E-state index in [9.17, 15) is 4.79 Å². The first-order valence-corrected chi connectivity index (χ1v) is 7.34. The molecule has 1 atom stereocenters. The van der Waals surface area contributed by atoms with Crippen LogP contribution in [0.2, 0.25) is 0 Å². The van der Waals surface area contributed by atoms with Gasteiger partial charge in [-0.05, 0) is 23.6 Å². The average Bonchev–Trinajstić information content (AvgIpc) is 2.91. The van der Waals surface area contributed by atoms with Gasteiger partial charge in [-0.3, -0.25) is 4.79 Å². The van der Waals surface area contributed by atoms with Gasteiger partial charge in [0.15, 0.2) is 0 Å². The van der Waals surface area contributed by atoms with E-state index in [-0.39, 0.29) is 16.7 Å². The summed E-state index contributed by atoms with van der Waals surface area (Å²) in [5, 5.41) is 6.98. The van der Waals surface area contributed by atoms with E-state index in [0.29, 0.717) is 6.54 Å². The number of alkyl halides is 1. The Hall–Kier alpha value is -1.69. The van der Waals surface area contributed by atoms with Crippen molar-refractivity contribution in [3.05, 3.63) is 42.5 Å². The summed E-state index contributed by atoms with van der Waals surface area (Å²) in [4.78, 5) is 15.7. The fraction of sp³-hybridized carbons (Fsp3) is 0.357. The SMILES string of the molecule is CC(C)C(Br)C(=O)Nc1cccc(Cn2cncn2)c1. The Morgan fingerprint density at radius 2 is 2.25 bits per heavy atom. The molecular formula is C14H17BrN4O. The second-order valence-electron chi connectivity index (χ2n) is 4.93. The normalized spacial score (nSPS) is 12.4. The maximum absolute atomic E-state index is 12.0. The number of rotatable bonds is 5.